The number of nitrogens with zero attached hydrogens (tertiary/aromatic N) is 1. The Labute approximate surface area is 138 Å². The molecular formula is C15H20BrClN2O2. The van der Waals surface area contributed by atoms with E-state index in [4.69, 9.17) is 11.6 Å². The molecule has 2 rings (SSSR count). The number of aromatic hydroxyl groups is 1. The minimum atomic E-state index is 0.102. The number of phenols is 1. The number of nitrogens with one attached hydrogen (secondary N) is 1. The Kier molecular flexibility index (Phi) is 5.52. The van der Waals surface area contributed by atoms with Gasteiger partial charge >= 0.3 is 0 Å². The van der Waals surface area contributed by atoms with Gasteiger partial charge in [0.25, 0.3) is 0 Å². The molecule has 6 heteroatoms. The summed E-state index contributed by atoms with van der Waals surface area (Å²) in [5.41, 5.74) is 0.758. The van der Waals surface area contributed by atoms with Crippen LogP contribution in [-0.4, -0.2) is 35.0 Å². The first kappa shape index (κ1) is 16.6. The van der Waals surface area contributed by atoms with Crippen molar-refractivity contribution in [3.8, 4) is 5.75 Å². The van der Waals surface area contributed by atoms with Crippen molar-refractivity contribution in [1.82, 2.24) is 10.2 Å². The largest absolute Gasteiger partial charge is 0.506 e. The van der Waals surface area contributed by atoms with Gasteiger partial charge in [0.2, 0.25) is 5.91 Å². The maximum Gasteiger partial charge on any atom is 0.223 e. The zero-order valence-corrected chi connectivity index (χ0v) is 14.5. The molecule has 21 heavy (non-hydrogen) atoms. The summed E-state index contributed by atoms with van der Waals surface area (Å²) in [4.78, 5) is 13.7. The summed E-state index contributed by atoms with van der Waals surface area (Å²) in [5.74, 6) is 0.657. The van der Waals surface area contributed by atoms with E-state index in [1.807, 2.05) is 30.9 Å². The third kappa shape index (κ3) is 3.90. The van der Waals surface area contributed by atoms with Gasteiger partial charge < -0.3 is 15.3 Å². The molecule has 0 radical (unpaired) electrons. The number of hydrogen-bond donors (Lipinski definition) is 2. The highest BCUT2D eigenvalue weighted by Gasteiger charge is 2.30. The van der Waals surface area contributed by atoms with Gasteiger partial charge in [-0.15, -0.1) is 0 Å². The van der Waals surface area contributed by atoms with Crippen LogP contribution in [-0.2, 0) is 11.3 Å². The van der Waals surface area contributed by atoms with Gasteiger partial charge in [0.05, 0.1) is 5.02 Å². The van der Waals surface area contributed by atoms with Gasteiger partial charge in [0.1, 0.15) is 5.75 Å². The molecule has 1 atom stereocenters. The van der Waals surface area contributed by atoms with Crippen molar-refractivity contribution in [1.29, 1.82) is 0 Å². The maximum atomic E-state index is 11.8. The quantitative estimate of drug-likeness (QED) is 0.831. The van der Waals surface area contributed by atoms with Crippen LogP contribution in [0.4, 0.5) is 0 Å². The Morgan fingerprint density at radius 2 is 2.24 bits per heavy atom. The van der Waals surface area contributed by atoms with E-state index in [0.29, 0.717) is 28.4 Å². The normalized spacial score (nSPS) is 18.8. The van der Waals surface area contributed by atoms with Gasteiger partial charge in [-0.3, -0.25) is 4.79 Å². The van der Waals surface area contributed by atoms with Gasteiger partial charge in [-0.05, 0) is 41.8 Å². The molecule has 116 valence electrons. The SMILES string of the molecule is CC(C)N1CC(CNCc2ccc(Br)c(Cl)c2O)CC1=O. The van der Waals surface area contributed by atoms with Crippen LogP contribution in [0.25, 0.3) is 0 Å². The third-order valence-corrected chi connectivity index (χ3v) is 5.03. The molecule has 1 fully saturated rings. The zero-order chi connectivity index (χ0) is 15.6. The van der Waals surface area contributed by atoms with E-state index in [1.165, 1.54) is 0 Å². The highest BCUT2D eigenvalue weighted by atomic mass is 79.9. The fourth-order valence-corrected chi connectivity index (χ4v) is 3.08. The summed E-state index contributed by atoms with van der Waals surface area (Å²) in [5, 5.41) is 13.6. The Morgan fingerprint density at radius 1 is 1.52 bits per heavy atom. The molecule has 1 aliphatic heterocycles. The number of carbonyl (C=O) groups excluding carboxylic acids is 1. The van der Waals surface area contributed by atoms with E-state index in [0.717, 1.165) is 18.7 Å². The number of rotatable bonds is 5. The van der Waals surface area contributed by atoms with Crippen LogP contribution < -0.4 is 5.32 Å². The second-order valence-corrected chi connectivity index (χ2v) is 6.94. The minimum Gasteiger partial charge on any atom is -0.506 e. The number of benzene rings is 1. The molecule has 0 aliphatic carbocycles. The van der Waals surface area contributed by atoms with Crippen molar-refractivity contribution < 1.29 is 9.90 Å². The average molecular weight is 376 g/mol. The van der Waals surface area contributed by atoms with Crippen LogP contribution in [0.3, 0.4) is 0 Å². The summed E-state index contributed by atoms with van der Waals surface area (Å²) >= 11 is 9.26. The molecule has 1 aliphatic rings. The van der Waals surface area contributed by atoms with Crippen molar-refractivity contribution >= 4 is 33.4 Å². The minimum absolute atomic E-state index is 0.102. The topological polar surface area (TPSA) is 52.6 Å². The summed E-state index contributed by atoms with van der Waals surface area (Å²) in [6.07, 6.45) is 0.595. The van der Waals surface area contributed by atoms with E-state index in [-0.39, 0.29) is 17.7 Å². The first-order valence-corrected chi connectivity index (χ1v) is 8.23. The molecular weight excluding hydrogens is 356 g/mol. The van der Waals surface area contributed by atoms with Crippen molar-refractivity contribution in [3.05, 3.63) is 27.2 Å². The number of carbonyl (C=O) groups is 1. The lowest BCUT2D eigenvalue weighted by Crippen LogP contribution is -2.33. The lowest BCUT2D eigenvalue weighted by Gasteiger charge is -2.21. The molecule has 1 unspecified atom stereocenters. The van der Waals surface area contributed by atoms with Crippen molar-refractivity contribution in [2.75, 3.05) is 13.1 Å². The second kappa shape index (κ2) is 6.99. The monoisotopic (exact) mass is 374 g/mol. The van der Waals surface area contributed by atoms with Crippen molar-refractivity contribution in [2.45, 2.75) is 32.9 Å². The molecule has 0 bridgehead atoms. The summed E-state index contributed by atoms with van der Waals surface area (Å²) < 4.78 is 0.680. The Balaban J connectivity index is 1.86. The third-order valence-electron chi connectivity index (χ3n) is 3.76. The fraction of sp³-hybridized carbons (Fsp3) is 0.533. The highest BCUT2D eigenvalue weighted by molar-refractivity contribution is 9.10. The number of amides is 1. The van der Waals surface area contributed by atoms with E-state index in [1.54, 1.807) is 0 Å². The lowest BCUT2D eigenvalue weighted by atomic mass is 10.1. The average Bonchev–Trinajstić information content (AvgIpc) is 2.80. The van der Waals surface area contributed by atoms with Crippen LogP contribution in [0, 0.1) is 5.92 Å². The maximum absolute atomic E-state index is 11.8. The van der Waals surface area contributed by atoms with E-state index in [9.17, 15) is 9.90 Å². The molecule has 1 aromatic carbocycles. The van der Waals surface area contributed by atoms with E-state index >= 15 is 0 Å². The Morgan fingerprint density at radius 3 is 2.86 bits per heavy atom. The van der Waals surface area contributed by atoms with Gasteiger partial charge in [0.15, 0.2) is 0 Å². The van der Waals surface area contributed by atoms with Gasteiger partial charge in [0, 0.05) is 42.1 Å². The van der Waals surface area contributed by atoms with Crippen LogP contribution in [0.1, 0.15) is 25.8 Å². The molecule has 1 amide bonds. The van der Waals surface area contributed by atoms with Crippen molar-refractivity contribution in [2.24, 2.45) is 5.92 Å². The second-order valence-electron chi connectivity index (χ2n) is 5.71. The lowest BCUT2D eigenvalue weighted by molar-refractivity contribution is -0.129. The Bertz CT molecular complexity index is 537. The van der Waals surface area contributed by atoms with Crippen LogP contribution in [0.15, 0.2) is 16.6 Å². The standard InChI is InChI=1S/C15H20BrClN2O2/c1-9(2)19-8-10(5-13(19)20)6-18-7-11-3-4-12(16)14(17)15(11)21/h3-4,9-10,18,21H,5-8H2,1-2H3. The molecule has 1 saturated heterocycles. The van der Waals surface area contributed by atoms with Crippen molar-refractivity contribution in [3.63, 3.8) is 0 Å². The summed E-state index contributed by atoms with van der Waals surface area (Å²) in [6, 6.07) is 3.91. The van der Waals surface area contributed by atoms with E-state index in [2.05, 4.69) is 21.2 Å². The summed E-state index contributed by atoms with van der Waals surface area (Å²) in [7, 11) is 0. The smallest absolute Gasteiger partial charge is 0.223 e. The van der Waals surface area contributed by atoms with Crippen LogP contribution >= 0.6 is 27.5 Å². The van der Waals surface area contributed by atoms with Gasteiger partial charge in [-0.1, -0.05) is 17.7 Å². The first-order chi connectivity index (χ1) is 9.90. The van der Waals surface area contributed by atoms with Crippen LogP contribution in [0.5, 0.6) is 5.75 Å². The molecule has 1 heterocycles. The molecule has 1 aromatic rings. The van der Waals surface area contributed by atoms with Gasteiger partial charge in [-0.25, -0.2) is 0 Å². The predicted molar refractivity (Wildman–Crippen MR) is 87.5 cm³/mol. The zero-order valence-electron chi connectivity index (χ0n) is 12.2. The molecule has 2 N–H and O–H groups in total. The summed E-state index contributed by atoms with van der Waals surface area (Å²) in [6.45, 7) is 6.16. The predicted octanol–water partition coefficient (Wildman–Crippen LogP) is 3.15. The first-order valence-electron chi connectivity index (χ1n) is 7.06. The highest BCUT2D eigenvalue weighted by Crippen LogP contribution is 2.34. The number of phenolic OH excluding ortho intramolecular Hbond substituents is 1. The molecule has 0 aromatic heterocycles. The number of halogens is 2. The van der Waals surface area contributed by atoms with Crippen LogP contribution in [0.2, 0.25) is 5.02 Å². The molecule has 0 spiro atoms. The number of hydrogen-bond acceptors (Lipinski definition) is 3. The van der Waals surface area contributed by atoms with E-state index < -0.39 is 0 Å². The fourth-order valence-electron chi connectivity index (χ4n) is 2.58. The number of likely N-dealkylation sites (tertiary alicyclic amines) is 1. The molecule has 4 nitrogen and oxygen atoms in total. The Hall–Kier alpha value is -0.780. The van der Waals surface area contributed by atoms with Gasteiger partial charge in [-0.2, -0.15) is 0 Å². The molecule has 0 saturated carbocycles.